The normalized spacial score (nSPS) is 13.1. The number of hydrogen-bond donors (Lipinski definition) is 1. The van der Waals surface area contributed by atoms with Crippen LogP contribution in [-0.4, -0.2) is 11.2 Å². The Labute approximate surface area is 119 Å². The molecule has 2 rings (SSSR count). The molecule has 1 aromatic heterocycles. The zero-order valence-electron chi connectivity index (χ0n) is 11.8. The first-order valence-electron chi connectivity index (χ1n) is 6.68. The molecule has 0 amide bonds. The molecule has 0 fully saturated rings. The third-order valence-corrected chi connectivity index (χ3v) is 3.01. The molecule has 3 heteroatoms. The zero-order chi connectivity index (χ0) is 14.4. The van der Waals surface area contributed by atoms with Gasteiger partial charge in [-0.25, -0.2) is 0 Å². The molecule has 0 saturated carbocycles. The average Bonchev–Trinajstić information content (AvgIpc) is 2.47. The maximum Gasteiger partial charge on any atom is 0.0726 e. The highest BCUT2D eigenvalue weighted by Crippen LogP contribution is 2.24. The Hall–Kier alpha value is -2.42. The number of nitrogen functional groups attached to an aromatic ring is 1. The smallest absolute Gasteiger partial charge is 0.0726 e. The average molecular weight is 265 g/mol. The summed E-state index contributed by atoms with van der Waals surface area (Å²) in [5.41, 5.74) is 9.65. The molecular weight excluding hydrogens is 246 g/mol. The lowest BCUT2D eigenvalue weighted by Gasteiger charge is -2.10. The fourth-order valence-corrected chi connectivity index (χ4v) is 1.93. The number of allylic oxidation sites excluding steroid dienone is 1. The molecule has 2 aromatic rings. The number of hydrogen-bond acceptors (Lipinski definition) is 3. The van der Waals surface area contributed by atoms with Crippen molar-refractivity contribution < 1.29 is 0 Å². The molecule has 1 heterocycles. The Morgan fingerprint density at radius 1 is 1.20 bits per heavy atom. The van der Waals surface area contributed by atoms with E-state index in [1.165, 1.54) is 0 Å². The number of anilines is 1. The van der Waals surface area contributed by atoms with Crippen LogP contribution in [0.5, 0.6) is 0 Å². The Morgan fingerprint density at radius 3 is 2.65 bits per heavy atom. The first-order chi connectivity index (χ1) is 9.70. The van der Waals surface area contributed by atoms with Crippen molar-refractivity contribution in [1.82, 2.24) is 4.98 Å². The summed E-state index contributed by atoms with van der Waals surface area (Å²) in [6.45, 7) is 3.97. The van der Waals surface area contributed by atoms with E-state index in [1.54, 1.807) is 12.4 Å². The number of nitrogens with zero attached hydrogens (tertiary/aromatic N) is 2. The summed E-state index contributed by atoms with van der Waals surface area (Å²) >= 11 is 0. The van der Waals surface area contributed by atoms with Gasteiger partial charge in [-0.05, 0) is 19.1 Å². The summed E-state index contributed by atoms with van der Waals surface area (Å²) in [5, 5.41) is 0. The summed E-state index contributed by atoms with van der Waals surface area (Å²) in [5.74, 6) is 0.171. The van der Waals surface area contributed by atoms with Gasteiger partial charge in [-0.15, -0.1) is 0 Å². The molecule has 0 aliphatic rings. The maximum absolute atomic E-state index is 6.00. The van der Waals surface area contributed by atoms with E-state index >= 15 is 0 Å². The minimum Gasteiger partial charge on any atom is -0.399 e. The molecule has 0 aliphatic carbocycles. The topological polar surface area (TPSA) is 51.3 Å². The molecule has 2 N–H and O–H groups in total. The van der Waals surface area contributed by atoms with E-state index in [0.717, 1.165) is 22.6 Å². The summed E-state index contributed by atoms with van der Waals surface area (Å²) in [6, 6.07) is 13.9. The van der Waals surface area contributed by atoms with E-state index in [2.05, 4.69) is 11.9 Å². The minimum atomic E-state index is 0.171. The van der Waals surface area contributed by atoms with Gasteiger partial charge < -0.3 is 5.73 Å². The van der Waals surface area contributed by atoms with Crippen LogP contribution in [-0.2, 0) is 0 Å². The van der Waals surface area contributed by atoms with Crippen molar-refractivity contribution in [2.75, 3.05) is 5.73 Å². The SMILES string of the molecule is C/C=N\C=C/C(C)c1cc(N)cc(-c2ccccc2)n1. The number of aliphatic imine (C=N–C) groups is 1. The van der Waals surface area contributed by atoms with Gasteiger partial charge >= 0.3 is 0 Å². The molecule has 1 unspecified atom stereocenters. The zero-order valence-corrected chi connectivity index (χ0v) is 11.8. The summed E-state index contributed by atoms with van der Waals surface area (Å²) in [4.78, 5) is 8.78. The van der Waals surface area contributed by atoms with Crippen molar-refractivity contribution in [3.05, 3.63) is 60.4 Å². The van der Waals surface area contributed by atoms with Gasteiger partial charge in [0.2, 0.25) is 0 Å². The fourth-order valence-electron chi connectivity index (χ4n) is 1.93. The van der Waals surface area contributed by atoms with E-state index in [4.69, 9.17) is 10.7 Å². The number of benzene rings is 1. The van der Waals surface area contributed by atoms with E-state index in [1.807, 2.05) is 55.5 Å². The lowest BCUT2D eigenvalue weighted by Crippen LogP contribution is -1.99. The summed E-state index contributed by atoms with van der Waals surface area (Å²) in [6.07, 6.45) is 5.56. The summed E-state index contributed by atoms with van der Waals surface area (Å²) < 4.78 is 0. The second-order valence-corrected chi connectivity index (χ2v) is 4.61. The van der Waals surface area contributed by atoms with Crippen LogP contribution in [0, 0.1) is 0 Å². The van der Waals surface area contributed by atoms with E-state index in [0.29, 0.717) is 0 Å². The standard InChI is InChI=1S/C17H19N3/c1-3-19-10-9-13(2)16-11-15(18)12-17(20-16)14-7-5-4-6-8-14/h3-13H,1-2H3,(H2,18,20)/b10-9-,19-3-. The first kappa shape index (κ1) is 14.0. The van der Waals surface area contributed by atoms with Crippen molar-refractivity contribution in [3.63, 3.8) is 0 Å². The Bertz CT molecular complexity index is 615. The molecule has 1 aromatic carbocycles. The molecule has 3 nitrogen and oxygen atoms in total. The highest BCUT2D eigenvalue weighted by molar-refractivity contribution is 5.63. The Balaban J connectivity index is 2.34. The lowest BCUT2D eigenvalue weighted by molar-refractivity contribution is 0.907. The molecule has 20 heavy (non-hydrogen) atoms. The number of rotatable bonds is 4. The van der Waals surface area contributed by atoms with Crippen LogP contribution in [0.2, 0.25) is 0 Å². The van der Waals surface area contributed by atoms with Gasteiger partial charge in [0, 0.05) is 35.3 Å². The van der Waals surface area contributed by atoms with Gasteiger partial charge in [-0.1, -0.05) is 43.3 Å². The van der Waals surface area contributed by atoms with Crippen LogP contribution in [0.1, 0.15) is 25.5 Å². The van der Waals surface area contributed by atoms with Gasteiger partial charge in [0.15, 0.2) is 0 Å². The fraction of sp³-hybridized carbons (Fsp3) is 0.176. The molecule has 102 valence electrons. The molecule has 0 aliphatic heterocycles. The van der Waals surface area contributed by atoms with Crippen LogP contribution < -0.4 is 5.73 Å². The second kappa shape index (κ2) is 6.66. The van der Waals surface area contributed by atoms with Crippen LogP contribution in [0.25, 0.3) is 11.3 Å². The van der Waals surface area contributed by atoms with Crippen LogP contribution in [0.15, 0.2) is 59.7 Å². The summed E-state index contributed by atoms with van der Waals surface area (Å²) in [7, 11) is 0. The number of aromatic nitrogens is 1. The quantitative estimate of drug-likeness (QED) is 0.848. The van der Waals surface area contributed by atoms with Crippen LogP contribution in [0.3, 0.4) is 0 Å². The Morgan fingerprint density at radius 2 is 1.95 bits per heavy atom. The predicted octanol–water partition coefficient (Wildman–Crippen LogP) is 4.04. The highest BCUT2D eigenvalue weighted by atomic mass is 14.7. The maximum atomic E-state index is 6.00. The van der Waals surface area contributed by atoms with Gasteiger partial charge in [0.1, 0.15) is 0 Å². The van der Waals surface area contributed by atoms with Gasteiger partial charge in [-0.3, -0.25) is 9.98 Å². The first-order valence-corrected chi connectivity index (χ1v) is 6.68. The van der Waals surface area contributed by atoms with Crippen molar-refractivity contribution in [2.24, 2.45) is 4.99 Å². The predicted molar refractivity (Wildman–Crippen MR) is 85.8 cm³/mol. The number of nitrogens with two attached hydrogens (primary N) is 1. The number of pyridine rings is 1. The Kier molecular flexibility index (Phi) is 4.66. The van der Waals surface area contributed by atoms with E-state index in [-0.39, 0.29) is 5.92 Å². The van der Waals surface area contributed by atoms with Crippen LogP contribution >= 0.6 is 0 Å². The molecule has 0 radical (unpaired) electrons. The molecular formula is C17H19N3. The van der Waals surface area contributed by atoms with E-state index < -0.39 is 0 Å². The van der Waals surface area contributed by atoms with Crippen molar-refractivity contribution in [3.8, 4) is 11.3 Å². The van der Waals surface area contributed by atoms with E-state index in [9.17, 15) is 0 Å². The monoisotopic (exact) mass is 265 g/mol. The largest absolute Gasteiger partial charge is 0.399 e. The molecule has 0 spiro atoms. The molecule has 0 saturated heterocycles. The third-order valence-electron chi connectivity index (χ3n) is 3.01. The van der Waals surface area contributed by atoms with Crippen molar-refractivity contribution >= 4 is 11.9 Å². The minimum absolute atomic E-state index is 0.171. The van der Waals surface area contributed by atoms with Crippen molar-refractivity contribution in [1.29, 1.82) is 0 Å². The molecule has 0 bridgehead atoms. The van der Waals surface area contributed by atoms with Crippen molar-refractivity contribution in [2.45, 2.75) is 19.8 Å². The van der Waals surface area contributed by atoms with Crippen LogP contribution in [0.4, 0.5) is 5.69 Å². The van der Waals surface area contributed by atoms with Gasteiger partial charge in [0.25, 0.3) is 0 Å². The van der Waals surface area contributed by atoms with Gasteiger partial charge in [0.05, 0.1) is 5.69 Å². The lowest BCUT2D eigenvalue weighted by atomic mass is 10.0. The van der Waals surface area contributed by atoms with Gasteiger partial charge in [-0.2, -0.15) is 0 Å². The second-order valence-electron chi connectivity index (χ2n) is 4.61. The molecule has 1 atom stereocenters. The highest BCUT2D eigenvalue weighted by Gasteiger charge is 2.07. The third kappa shape index (κ3) is 3.54.